The zero-order chi connectivity index (χ0) is 17.8. The number of carbonyl (C=O) groups excluding carboxylic acids is 1. The fraction of sp³-hybridized carbons (Fsp3) is 0.400. The number of aromatic nitrogens is 3. The van der Waals surface area contributed by atoms with Crippen molar-refractivity contribution in [2.24, 2.45) is 18.9 Å². The molecule has 5 nitrogen and oxygen atoms in total. The van der Waals surface area contributed by atoms with Gasteiger partial charge in [0.1, 0.15) is 6.07 Å². The molecular weight excluding hydrogens is 312 g/mol. The molecule has 5 heteroatoms. The molecule has 0 amide bonds. The van der Waals surface area contributed by atoms with E-state index in [1.165, 1.54) is 5.56 Å². The zero-order valence-corrected chi connectivity index (χ0v) is 14.7. The third-order valence-corrected chi connectivity index (χ3v) is 5.91. The van der Waals surface area contributed by atoms with Gasteiger partial charge in [0, 0.05) is 41.9 Å². The van der Waals surface area contributed by atoms with Crippen LogP contribution in [-0.2, 0) is 23.7 Å². The van der Waals surface area contributed by atoms with Gasteiger partial charge in [0.2, 0.25) is 0 Å². The number of fused-ring (bicyclic) bond motifs is 3. The van der Waals surface area contributed by atoms with Crippen LogP contribution in [0, 0.1) is 23.2 Å². The van der Waals surface area contributed by atoms with Gasteiger partial charge in [0.25, 0.3) is 0 Å². The molecule has 0 saturated carbocycles. The van der Waals surface area contributed by atoms with Crippen LogP contribution in [0.15, 0.2) is 36.2 Å². The first kappa shape index (κ1) is 15.8. The first-order valence-corrected chi connectivity index (χ1v) is 8.61. The Kier molecular flexibility index (Phi) is 3.40. The second-order valence-electron chi connectivity index (χ2n) is 7.29. The smallest absolute Gasteiger partial charge is 0.176 e. The van der Waals surface area contributed by atoms with Crippen molar-refractivity contribution in [2.75, 3.05) is 0 Å². The first-order chi connectivity index (χ1) is 12.0. The summed E-state index contributed by atoms with van der Waals surface area (Å²) in [7, 11) is 1.95. The molecule has 0 aliphatic heterocycles. The maximum atomic E-state index is 12.4. The molecule has 2 heterocycles. The van der Waals surface area contributed by atoms with E-state index < -0.39 is 0 Å². The quantitative estimate of drug-likeness (QED) is 0.805. The summed E-state index contributed by atoms with van der Waals surface area (Å²) < 4.78 is 1.91. The van der Waals surface area contributed by atoms with Crippen LogP contribution in [0.2, 0.25) is 0 Å². The van der Waals surface area contributed by atoms with E-state index in [4.69, 9.17) is 5.10 Å². The largest absolute Gasteiger partial charge is 0.293 e. The van der Waals surface area contributed by atoms with Gasteiger partial charge in [-0.1, -0.05) is 19.9 Å². The predicted molar refractivity (Wildman–Crippen MR) is 93.5 cm³/mol. The number of ketones is 1. The molecule has 0 bridgehead atoms. The molecule has 25 heavy (non-hydrogen) atoms. The fourth-order valence-corrected chi connectivity index (χ4v) is 4.71. The van der Waals surface area contributed by atoms with Crippen molar-refractivity contribution < 1.29 is 4.79 Å². The molecule has 0 spiro atoms. The van der Waals surface area contributed by atoms with Gasteiger partial charge < -0.3 is 0 Å². The van der Waals surface area contributed by atoms with Crippen LogP contribution in [0.25, 0.3) is 11.3 Å². The SMILES string of the molecule is CC1C(=O)C(C#N)=CC2(C)c3nn(C)c(-c4cccnc4)c3CCC12. The van der Waals surface area contributed by atoms with E-state index >= 15 is 0 Å². The van der Waals surface area contributed by atoms with E-state index in [0.717, 1.165) is 29.8 Å². The minimum absolute atomic E-state index is 0.0307. The lowest BCUT2D eigenvalue weighted by atomic mass is 9.58. The van der Waals surface area contributed by atoms with E-state index in [1.807, 2.05) is 43.1 Å². The molecule has 3 atom stereocenters. The first-order valence-electron chi connectivity index (χ1n) is 8.61. The summed E-state index contributed by atoms with van der Waals surface area (Å²) >= 11 is 0. The average Bonchev–Trinajstić information content (AvgIpc) is 2.96. The van der Waals surface area contributed by atoms with Crippen molar-refractivity contribution in [3.05, 3.63) is 47.4 Å². The van der Waals surface area contributed by atoms with Crippen LogP contribution in [0.3, 0.4) is 0 Å². The van der Waals surface area contributed by atoms with Crippen LogP contribution < -0.4 is 0 Å². The summed E-state index contributed by atoms with van der Waals surface area (Å²) in [6, 6.07) is 6.06. The van der Waals surface area contributed by atoms with Crippen LogP contribution in [0.5, 0.6) is 0 Å². The lowest BCUT2D eigenvalue weighted by Crippen LogP contribution is -2.45. The second kappa shape index (κ2) is 5.38. The minimum Gasteiger partial charge on any atom is -0.293 e. The summed E-state index contributed by atoms with van der Waals surface area (Å²) in [4.78, 5) is 16.7. The van der Waals surface area contributed by atoms with Crippen LogP contribution in [-0.4, -0.2) is 20.5 Å². The number of hydrogen-bond acceptors (Lipinski definition) is 4. The second-order valence-corrected chi connectivity index (χ2v) is 7.29. The molecule has 2 aliphatic carbocycles. The normalized spacial score (nSPS) is 27.9. The highest BCUT2D eigenvalue weighted by molar-refractivity contribution is 6.02. The van der Waals surface area contributed by atoms with Gasteiger partial charge in [-0.25, -0.2) is 0 Å². The summed E-state index contributed by atoms with van der Waals surface area (Å²) in [6.07, 6.45) is 7.29. The topological polar surface area (TPSA) is 71.6 Å². The third-order valence-electron chi connectivity index (χ3n) is 5.91. The van der Waals surface area contributed by atoms with Crippen molar-refractivity contribution in [3.8, 4) is 17.3 Å². The van der Waals surface area contributed by atoms with Gasteiger partial charge in [-0.3, -0.25) is 14.5 Å². The summed E-state index contributed by atoms with van der Waals surface area (Å²) in [5.74, 6) is -0.000245. The summed E-state index contributed by atoms with van der Waals surface area (Å²) in [6.45, 7) is 4.07. The number of nitriles is 1. The predicted octanol–water partition coefficient (Wildman–Crippen LogP) is 2.97. The molecule has 4 rings (SSSR count). The van der Waals surface area contributed by atoms with Crippen LogP contribution >= 0.6 is 0 Å². The molecule has 2 aromatic rings. The number of rotatable bonds is 1. The van der Waals surface area contributed by atoms with E-state index in [9.17, 15) is 10.1 Å². The standard InChI is InChI=1S/C20H20N4O/c1-12-16-7-6-15-17(13-5-4-8-22-11-13)24(3)23-19(15)20(16,2)9-14(10-21)18(12)25/h4-5,8-9,11-12,16H,6-7H2,1-3H3. The Morgan fingerprint density at radius 3 is 2.92 bits per heavy atom. The molecular formula is C20H20N4O. The van der Waals surface area contributed by atoms with Gasteiger partial charge >= 0.3 is 0 Å². The number of hydrogen-bond donors (Lipinski definition) is 0. The number of carbonyl (C=O) groups is 1. The monoisotopic (exact) mass is 332 g/mol. The van der Waals surface area contributed by atoms with Crippen molar-refractivity contribution in [1.29, 1.82) is 5.26 Å². The Hall–Kier alpha value is -2.74. The Labute approximate surface area is 147 Å². The molecule has 0 fully saturated rings. The Morgan fingerprint density at radius 2 is 2.24 bits per heavy atom. The van der Waals surface area contributed by atoms with Crippen molar-refractivity contribution in [3.63, 3.8) is 0 Å². The number of allylic oxidation sites excluding steroid dienone is 2. The molecule has 0 N–H and O–H groups in total. The number of aryl methyl sites for hydroxylation is 1. The summed E-state index contributed by atoms with van der Waals surface area (Å²) in [5.41, 5.74) is 4.23. The molecule has 2 aromatic heterocycles. The minimum atomic E-state index is -0.385. The fourth-order valence-electron chi connectivity index (χ4n) is 4.71. The van der Waals surface area contributed by atoms with Gasteiger partial charge in [-0.15, -0.1) is 0 Å². The van der Waals surface area contributed by atoms with E-state index in [2.05, 4.69) is 18.0 Å². The van der Waals surface area contributed by atoms with Crippen molar-refractivity contribution in [2.45, 2.75) is 32.1 Å². The molecule has 2 aliphatic rings. The molecule has 3 unspecified atom stereocenters. The molecule has 126 valence electrons. The molecule has 0 saturated heterocycles. The molecule has 0 aromatic carbocycles. The third kappa shape index (κ3) is 2.10. The Bertz CT molecular complexity index is 935. The Balaban J connectivity index is 1.94. The van der Waals surface area contributed by atoms with E-state index in [1.54, 1.807) is 6.20 Å². The van der Waals surface area contributed by atoms with Crippen LogP contribution in [0.4, 0.5) is 0 Å². The van der Waals surface area contributed by atoms with Crippen molar-refractivity contribution >= 4 is 5.78 Å². The van der Waals surface area contributed by atoms with Gasteiger partial charge in [-0.05, 0) is 30.9 Å². The number of pyridine rings is 1. The molecule has 0 radical (unpaired) electrons. The maximum Gasteiger partial charge on any atom is 0.176 e. The lowest BCUT2D eigenvalue weighted by molar-refractivity contribution is -0.121. The average molecular weight is 332 g/mol. The Morgan fingerprint density at radius 1 is 1.44 bits per heavy atom. The highest BCUT2D eigenvalue weighted by Gasteiger charge is 2.50. The van der Waals surface area contributed by atoms with E-state index in [0.29, 0.717) is 0 Å². The zero-order valence-electron chi connectivity index (χ0n) is 14.7. The van der Waals surface area contributed by atoms with Crippen molar-refractivity contribution in [1.82, 2.24) is 14.8 Å². The highest BCUT2D eigenvalue weighted by Crippen LogP contribution is 2.50. The van der Waals surface area contributed by atoms with Gasteiger partial charge in [-0.2, -0.15) is 10.4 Å². The van der Waals surface area contributed by atoms with Gasteiger partial charge in [0.05, 0.1) is 17.0 Å². The summed E-state index contributed by atoms with van der Waals surface area (Å²) in [5, 5.41) is 14.2. The lowest BCUT2D eigenvalue weighted by Gasteiger charge is -2.44. The number of Topliss-reactive ketones (excluding diaryl/α,β-unsaturated/α-hetero) is 1. The number of nitrogens with zero attached hydrogens (tertiary/aromatic N) is 4. The van der Waals surface area contributed by atoms with Gasteiger partial charge in [0.15, 0.2) is 5.78 Å². The maximum absolute atomic E-state index is 12.4. The van der Waals surface area contributed by atoms with E-state index in [-0.39, 0.29) is 28.6 Å². The van der Waals surface area contributed by atoms with Crippen LogP contribution in [0.1, 0.15) is 31.5 Å². The highest BCUT2D eigenvalue weighted by atomic mass is 16.1.